The largest absolute Gasteiger partial charge is 0.488 e. The summed E-state index contributed by atoms with van der Waals surface area (Å²) < 4.78 is 0. The Morgan fingerprint density at radius 3 is 2.72 bits per heavy atom. The SMILES string of the molecule is OCc1cccc(Nc2cc(B(O)O)ccn2)c1. The molecule has 0 fully saturated rings. The molecule has 0 aliphatic heterocycles. The number of benzene rings is 1. The van der Waals surface area contributed by atoms with Gasteiger partial charge >= 0.3 is 7.12 Å². The molecule has 18 heavy (non-hydrogen) atoms. The lowest BCUT2D eigenvalue weighted by Crippen LogP contribution is -2.29. The van der Waals surface area contributed by atoms with E-state index in [0.717, 1.165) is 11.3 Å². The molecule has 92 valence electrons. The molecule has 0 aliphatic carbocycles. The lowest BCUT2D eigenvalue weighted by molar-refractivity contribution is 0.282. The van der Waals surface area contributed by atoms with Crippen molar-refractivity contribution in [3.63, 3.8) is 0 Å². The van der Waals surface area contributed by atoms with Crippen molar-refractivity contribution in [2.45, 2.75) is 6.61 Å². The fourth-order valence-electron chi connectivity index (χ4n) is 1.57. The third-order valence-corrected chi connectivity index (χ3v) is 2.46. The van der Waals surface area contributed by atoms with E-state index in [1.54, 1.807) is 12.1 Å². The molecule has 0 bridgehead atoms. The first-order valence-corrected chi connectivity index (χ1v) is 5.48. The van der Waals surface area contributed by atoms with Gasteiger partial charge in [0.1, 0.15) is 5.82 Å². The lowest BCUT2D eigenvalue weighted by Gasteiger charge is -2.08. The second-order valence-corrected chi connectivity index (χ2v) is 3.83. The quantitative estimate of drug-likeness (QED) is 0.569. The van der Waals surface area contributed by atoms with Gasteiger partial charge in [-0.05, 0) is 35.3 Å². The molecule has 1 aromatic heterocycles. The third-order valence-electron chi connectivity index (χ3n) is 2.46. The molecule has 4 N–H and O–H groups in total. The zero-order chi connectivity index (χ0) is 13.0. The molecule has 0 amide bonds. The molecule has 0 aliphatic rings. The minimum Gasteiger partial charge on any atom is -0.423 e. The number of pyridine rings is 1. The van der Waals surface area contributed by atoms with Crippen molar-refractivity contribution in [1.82, 2.24) is 4.98 Å². The maximum absolute atomic E-state index is 9.06. The Hall–Kier alpha value is -1.89. The normalized spacial score (nSPS) is 10.2. The van der Waals surface area contributed by atoms with Gasteiger partial charge in [-0.25, -0.2) is 4.98 Å². The van der Waals surface area contributed by atoms with Crippen molar-refractivity contribution in [2.24, 2.45) is 0 Å². The number of hydrogen-bond donors (Lipinski definition) is 4. The second kappa shape index (κ2) is 5.64. The molecular formula is C12H13BN2O3. The molecule has 0 unspecified atom stereocenters. The van der Waals surface area contributed by atoms with Crippen molar-refractivity contribution in [1.29, 1.82) is 0 Å². The second-order valence-electron chi connectivity index (χ2n) is 3.83. The van der Waals surface area contributed by atoms with E-state index in [2.05, 4.69) is 10.3 Å². The van der Waals surface area contributed by atoms with Crippen LogP contribution in [0.15, 0.2) is 42.6 Å². The van der Waals surface area contributed by atoms with Crippen LogP contribution in [0.3, 0.4) is 0 Å². The highest BCUT2D eigenvalue weighted by Crippen LogP contribution is 2.15. The van der Waals surface area contributed by atoms with E-state index in [1.165, 1.54) is 12.3 Å². The Labute approximate surface area is 105 Å². The summed E-state index contributed by atoms with van der Waals surface area (Å²) in [4.78, 5) is 4.08. The van der Waals surface area contributed by atoms with Gasteiger partial charge in [-0.15, -0.1) is 0 Å². The zero-order valence-electron chi connectivity index (χ0n) is 9.61. The Morgan fingerprint density at radius 2 is 2.00 bits per heavy atom. The molecule has 1 aromatic carbocycles. The molecule has 6 heteroatoms. The van der Waals surface area contributed by atoms with Gasteiger partial charge in [0.05, 0.1) is 6.61 Å². The van der Waals surface area contributed by atoms with Gasteiger partial charge in [-0.1, -0.05) is 12.1 Å². The van der Waals surface area contributed by atoms with Gasteiger partial charge in [0.25, 0.3) is 0 Å². The minimum absolute atomic E-state index is 0.0294. The highest BCUT2D eigenvalue weighted by Gasteiger charge is 2.11. The van der Waals surface area contributed by atoms with Crippen molar-refractivity contribution in [3.8, 4) is 0 Å². The highest BCUT2D eigenvalue weighted by molar-refractivity contribution is 6.58. The Kier molecular flexibility index (Phi) is 3.94. The maximum atomic E-state index is 9.06. The molecule has 0 saturated heterocycles. The van der Waals surface area contributed by atoms with Gasteiger partial charge < -0.3 is 20.5 Å². The number of aromatic nitrogens is 1. The third kappa shape index (κ3) is 3.07. The van der Waals surface area contributed by atoms with Crippen molar-refractivity contribution < 1.29 is 15.2 Å². The number of anilines is 2. The summed E-state index contributed by atoms with van der Waals surface area (Å²) in [5, 5.41) is 30.2. The number of nitrogens with one attached hydrogen (secondary N) is 1. The van der Waals surface area contributed by atoms with Crippen LogP contribution < -0.4 is 10.8 Å². The minimum atomic E-state index is -1.52. The molecule has 2 rings (SSSR count). The smallest absolute Gasteiger partial charge is 0.423 e. The summed E-state index contributed by atoms with van der Waals surface area (Å²) in [6, 6.07) is 10.3. The summed E-state index contributed by atoms with van der Waals surface area (Å²) in [6.07, 6.45) is 1.49. The number of hydrogen-bond acceptors (Lipinski definition) is 5. The Morgan fingerprint density at radius 1 is 1.17 bits per heavy atom. The van der Waals surface area contributed by atoms with Crippen molar-refractivity contribution in [3.05, 3.63) is 48.2 Å². The van der Waals surface area contributed by atoms with Crippen molar-refractivity contribution >= 4 is 24.1 Å². The van der Waals surface area contributed by atoms with Crippen LogP contribution in [0.25, 0.3) is 0 Å². The summed E-state index contributed by atoms with van der Waals surface area (Å²) >= 11 is 0. The standard InChI is InChI=1S/C12H13BN2O3/c16-8-9-2-1-3-11(6-9)15-12-7-10(13(17)18)4-5-14-12/h1-7,16-18H,8H2,(H,14,15). The molecule has 0 atom stereocenters. The first kappa shape index (κ1) is 12.6. The lowest BCUT2D eigenvalue weighted by atomic mass is 9.81. The molecule has 0 saturated carbocycles. The van der Waals surface area contributed by atoms with E-state index >= 15 is 0 Å². The summed E-state index contributed by atoms with van der Waals surface area (Å²) in [5.41, 5.74) is 1.93. The predicted octanol–water partition coefficient (Wildman–Crippen LogP) is -0.00270. The van der Waals surface area contributed by atoms with E-state index in [9.17, 15) is 0 Å². The molecule has 0 radical (unpaired) electrons. The van der Waals surface area contributed by atoms with Crippen LogP contribution in [0.4, 0.5) is 11.5 Å². The summed E-state index contributed by atoms with van der Waals surface area (Å²) in [5.74, 6) is 0.510. The van der Waals surface area contributed by atoms with Crippen LogP contribution in [-0.2, 0) is 6.61 Å². The van der Waals surface area contributed by atoms with Crippen LogP contribution in [0.5, 0.6) is 0 Å². The maximum Gasteiger partial charge on any atom is 0.488 e. The molecule has 5 nitrogen and oxygen atoms in total. The summed E-state index contributed by atoms with van der Waals surface area (Å²) in [6.45, 7) is -0.0294. The summed E-state index contributed by atoms with van der Waals surface area (Å²) in [7, 11) is -1.52. The monoisotopic (exact) mass is 244 g/mol. The van der Waals surface area contributed by atoms with E-state index < -0.39 is 7.12 Å². The van der Waals surface area contributed by atoms with Gasteiger partial charge in [0.15, 0.2) is 0 Å². The molecule has 2 aromatic rings. The number of aliphatic hydroxyl groups excluding tert-OH is 1. The topological polar surface area (TPSA) is 85.6 Å². The zero-order valence-corrected chi connectivity index (χ0v) is 9.61. The van der Waals surface area contributed by atoms with E-state index in [1.807, 2.05) is 18.2 Å². The fourth-order valence-corrected chi connectivity index (χ4v) is 1.57. The van der Waals surface area contributed by atoms with Gasteiger partial charge in [-0.2, -0.15) is 0 Å². The van der Waals surface area contributed by atoms with Crippen LogP contribution in [0.2, 0.25) is 0 Å². The molecular weight excluding hydrogens is 231 g/mol. The van der Waals surface area contributed by atoms with E-state index in [-0.39, 0.29) is 6.61 Å². The van der Waals surface area contributed by atoms with Crippen LogP contribution in [0.1, 0.15) is 5.56 Å². The number of rotatable bonds is 4. The van der Waals surface area contributed by atoms with E-state index in [0.29, 0.717) is 11.3 Å². The molecule has 1 heterocycles. The molecule has 0 spiro atoms. The van der Waals surface area contributed by atoms with Crippen molar-refractivity contribution in [2.75, 3.05) is 5.32 Å². The number of nitrogens with zero attached hydrogens (tertiary/aromatic N) is 1. The average Bonchev–Trinajstić information content (AvgIpc) is 2.39. The first-order valence-electron chi connectivity index (χ1n) is 5.48. The van der Waals surface area contributed by atoms with Crippen LogP contribution in [0, 0.1) is 0 Å². The fraction of sp³-hybridized carbons (Fsp3) is 0.0833. The van der Waals surface area contributed by atoms with Gasteiger partial charge in [-0.3, -0.25) is 0 Å². The Balaban J connectivity index is 2.20. The van der Waals surface area contributed by atoms with Gasteiger partial charge in [0, 0.05) is 11.9 Å². The van der Waals surface area contributed by atoms with Gasteiger partial charge in [0.2, 0.25) is 0 Å². The van der Waals surface area contributed by atoms with Crippen LogP contribution >= 0.6 is 0 Å². The van der Waals surface area contributed by atoms with Crippen LogP contribution in [-0.4, -0.2) is 27.3 Å². The predicted molar refractivity (Wildman–Crippen MR) is 69.7 cm³/mol. The number of aliphatic hydroxyl groups is 1. The Bertz CT molecular complexity index is 534. The first-order chi connectivity index (χ1) is 8.69. The average molecular weight is 244 g/mol. The highest BCUT2D eigenvalue weighted by atomic mass is 16.4. The van der Waals surface area contributed by atoms with E-state index in [4.69, 9.17) is 15.2 Å².